The molecular weight excluding hydrogens is 364 g/mol. The Labute approximate surface area is 170 Å². The highest BCUT2D eigenvalue weighted by Gasteiger charge is 2.21. The van der Waals surface area contributed by atoms with Gasteiger partial charge in [0.25, 0.3) is 5.95 Å². The fourth-order valence-electron chi connectivity index (χ4n) is 3.45. The van der Waals surface area contributed by atoms with Crippen LogP contribution in [0.2, 0.25) is 0 Å². The molecule has 1 amide bonds. The average Bonchev–Trinajstić information content (AvgIpc) is 2.79. The number of piperazine rings is 1. The van der Waals surface area contributed by atoms with Crippen molar-refractivity contribution in [3.05, 3.63) is 72.4 Å². The predicted octanol–water partition coefficient (Wildman–Crippen LogP) is 2.88. The number of nitrogens with zero attached hydrogens (tertiary/aromatic N) is 6. The topological polar surface area (TPSA) is 65.5 Å². The quantitative estimate of drug-likeness (QED) is 0.670. The van der Waals surface area contributed by atoms with Gasteiger partial charge in [-0.15, -0.1) is 5.10 Å². The van der Waals surface area contributed by atoms with Crippen molar-refractivity contribution < 1.29 is 4.79 Å². The largest absolute Gasteiger partial charge is 0.352 e. The van der Waals surface area contributed by atoms with Crippen LogP contribution in [-0.2, 0) is 11.3 Å². The van der Waals surface area contributed by atoms with Gasteiger partial charge in [-0.3, -0.25) is 4.79 Å². The molecular formula is C22H24N6O. The monoisotopic (exact) mass is 388 g/mol. The number of carbonyl (C=O) groups excluding carboxylic acids is 1. The normalized spacial score (nSPS) is 14.0. The van der Waals surface area contributed by atoms with Crippen molar-refractivity contribution in [2.24, 2.45) is 0 Å². The van der Waals surface area contributed by atoms with E-state index in [1.165, 1.54) is 5.56 Å². The van der Waals surface area contributed by atoms with Crippen molar-refractivity contribution in [1.82, 2.24) is 20.1 Å². The van der Waals surface area contributed by atoms with Gasteiger partial charge < -0.3 is 14.7 Å². The van der Waals surface area contributed by atoms with Crippen LogP contribution in [0.15, 0.2) is 66.9 Å². The summed E-state index contributed by atoms with van der Waals surface area (Å²) < 4.78 is 0. The molecule has 0 radical (unpaired) electrons. The van der Waals surface area contributed by atoms with E-state index in [9.17, 15) is 4.79 Å². The third-order valence-electron chi connectivity index (χ3n) is 5.08. The van der Waals surface area contributed by atoms with E-state index in [2.05, 4.69) is 32.1 Å². The van der Waals surface area contributed by atoms with E-state index in [-0.39, 0.29) is 5.91 Å². The van der Waals surface area contributed by atoms with Crippen LogP contribution in [0.3, 0.4) is 0 Å². The van der Waals surface area contributed by atoms with Crippen molar-refractivity contribution >= 4 is 23.4 Å². The molecule has 1 aliphatic heterocycles. The van der Waals surface area contributed by atoms with E-state index in [1.807, 2.05) is 53.4 Å². The maximum absolute atomic E-state index is 11.6. The van der Waals surface area contributed by atoms with E-state index < -0.39 is 0 Å². The maximum Gasteiger partial charge on any atom is 0.252 e. The van der Waals surface area contributed by atoms with Crippen LogP contribution < -0.4 is 9.80 Å². The third kappa shape index (κ3) is 4.51. The van der Waals surface area contributed by atoms with Crippen LogP contribution in [0, 0.1) is 0 Å². The summed E-state index contributed by atoms with van der Waals surface area (Å²) in [6.07, 6.45) is 1.69. The van der Waals surface area contributed by atoms with Gasteiger partial charge in [-0.1, -0.05) is 48.5 Å². The number of benzene rings is 2. The fraction of sp³-hybridized carbons (Fsp3) is 0.273. The molecule has 1 saturated heterocycles. The summed E-state index contributed by atoms with van der Waals surface area (Å²) in [6, 6.07) is 20.4. The molecule has 7 nitrogen and oxygen atoms in total. The van der Waals surface area contributed by atoms with E-state index in [0.29, 0.717) is 25.6 Å². The van der Waals surface area contributed by atoms with Gasteiger partial charge in [0.1, 0.15) is 0 Å². The van der Waals surface area contributed by atoms with Crippen molar-refractivity contribution in [3.63, 3.8) is 0 Å². The second kappa shape index (κ2) is 8.68. The molecule has 0 unspecified atom stereocenters. The standard InChI is InChI=1S/C22H24N6O/c1-18(29)26-12-14-27(15-13-26)21-16-23-25-22(24-21)28(20-10-6-3-7-11-20)17-19-8-4-2-5-9-19/h2-11,16H,12-15,17H2,1H3. The highest BCUT2D eigenvalue weighted by Crippen LogP contribution is 2.25. The first-order valence-corrected chi connectivity index (χ1v) is 9.77. The fourth-order valence-corrected chi connectivity index (χ4v) is 3.45. The number of para-hydroxylation sites is 1. The van der Waals surface area contributed by atoms with Crippen LogP contribution in [0.4, 0.5) is 17.5 Å². The molecule has 148 valence electrons. The van der Waals surface area contributed by atoms with E-state index in [4.69, 9.17) is 4.98 Å². The minimum Gasteiger partial charge on any atom is -0.352 e. The van der Waals surface area contributed by atoms with Gasteiger partial charge in [0.2, 0.25) is 5.91 Å². The average molecular weight is 388 g/mol. The van der Waals surface area contributed by atoms with Crippen molar-refractivity contribution in [2.45, 2.75) is 13.5 Å². The first-order chi connectivity index (χ1) is 14.2. The molecule has 0 bridgehead atoms. The molecule has 0 N–H and O–H groups in total. The number of aromatic nitrogens is 3. The van der Waals surface area contributed by atoms with E-state index in [1.54, 1.807) is 13.1 Å². The number of rotatable bonds is 5. The van der Waals surface area contributed by atoms with Gasteiger partial charge in [0.05, 0.1) is 12.7 Å². The van der Waals surface area contributed by atoms with Gasteiger partial charge in [-0.05, 0) is 17.7 Å². The highest BCUT2D eigenvalue weighted by molar-refractivity contribution is 5.73. The summed E-state index contributed by atoms with van der Waals surface area (Å²) in [7, 11) is 0. The summed E-state index contributed by atoms with van der Waals surface area (Å²) in [4.78, 5) is 22.5. The van der Waals surface area contributed by atoms with Gasteiger partial charge in [-0.2, -0.15) is 10.1 Å². The van der Waals surface area contributed by atoms with E-state index in [0.717, 1.165) is 24.6 Å². The Balaban J connectivity index is 1.60. The van der Waals surface area contributed by atoms with Crippen LogP contribution in [0.1, 0.15) is 12.5 Å². The number of carbonyl (C=O) groups is 1. The first-order valence-electron chi connectivity index (χ1n) is 9.77. The molecule has 7 heteroatoms. The Morgan fingerprint density at radius 2 is 1.62 bits per heavy atom. The SMILES string of the molecule is CC(=O)N1CCN(c2cnnc(N(Cc3ccccc3)c3ccccc3)n2)CC1. The first kappa shape index (κ1) is 18.9. The van der Waals surface area contributed by atoms with Crippen LogP contribution >= 0.6 is 0 Å². The Morgan fingerprint density at radius 3 is 2.28 bits per heavy atom. The predicted molar refractivity (Wildman–Crippen MR) is 113 cm³/mol. The molecule has 29 heavy (non-hydrogen) atoms. The number of hydrogen-bond acceptors (Lipinski definition) is 6. The molecule has 0 saturated carbocycles. The molecule has 3 aromatic rings. The second-order valence-electron chi connectivity index (χ2n) is 7.01. The minimum atomic E-state index is 0.115. The molecule has 1 fully saturated rings. The number of anilines is 3. The van der Waals surface area contributed by atoms with Gasteiger partial charge in [0, 0.05) is 38.8 Å². The maximum atomic E-state index is 11.6. The second-order valence-corrected chi connectivity index (χ2v) is 7.01. The highest BCUT2D eigenvalue weighted by atomic mass is 16.2. The number of hydrogen-bond donors (Lipinski definition) is 0. The van der Waals surface area contributed by atoms with Crippen LogP contribution in [0.25, 0.3) is 0 Å². The third-order valence-corrected chi connectivity index (χ3v) is 5.08. The van der Waals surface area contributed by atoms with E-state index >= 15 is 0 Å². The van der Waals surface area contributed by atoms with Crippen molar-refractivity contribution in [3.8, 4) is 0 Å². The van der Waals surface area contributed by atoms with Crippen molar-refractivity contribution in [1.29, 1.82) is 0 Å². The summed E-state index contributed by atoms with van der Waals surface area (Å²) in [5, 5.41) is 8.55. The summed E-state index contributed by atoms with van der Waals surface area (Å²) >= 11 is 0. The number of amides is 1. The lowest BCUT2D eigenvalue weighted by molar-refractivity contribution is -0.129. The van der Waals surface area contributed by atoms with Gasteiger partial charge >= 0.3 is 0 Å². The molecule has 0 spiro atoms. The van der Waals surface area contributed by atoms with Gasteiger partial charge in [0.15, 0.2) is 5.82 Å². The molecule has 1 aliphatic rings. The lowest BCUT2D eigenvalue weighted by atomic mass is 10.2. The van der Waals surface area contributed by atoms with Crippen LogP contribution in [0.5, 0.6) is 0 Å². The zero-order valence-electron chi connectivity index (χ0n) is 16.5. The molecule has 2 aromatic carbocycles. The summed E-state index contributed by atoms with van der Waals surface area (Å²) in [5.41, 5.74) is 2.18. The molecule has 4 rings (SSSR count). The summed E-state index contributed by atoms with van der Waals surface area (Å²) in [6.45, 7) is 5.13. The molecule has 1 aromatic heterocycles. The van der Waals surface area contributed by atoms with Crippen LogP contribution in [-0.4, -0.2) is 52.2 Å². The molecule has 2 heterocycles. The lowest BCUT2D eigenvalue weighted by Crippen LogP contribution is -2.48. The Morgan fingerprint density at radius 1 is 0.966 bits per heavy atom. The van der Waals surface area contributed by atoms with Crippen molar-refractivity contribution in [2.75, 3.05) is 36.0 Å². The minimum absolute atomic E-state index is 0.115. The Hall–Kier alpha value is -3.48. The zero-order chi connectivity index (χ0) is 20.1. The zero-order valence-corrected chi connectivity index (χ0v) is 16.5. The molecule has 0 aliphatic carbocycles. The van der Waals surface area contributed by atoms with Gasteiger partial charge in [-0.25, -0.2) is 0 Å². The summed E-state index contributed by atoms with van der Waals surface area (Å²) in [5.74, 6) is 1.46. The Bertz CT molecular complexity index is 942. The Kier molecular flexibility index (Phi) is 5.65. The smallest absolute Gasteiger partial charge is 0.252 e. The molecule has 0 atom stereocenters. The lowest BCUT2D eigenvalue weighted by Gasteiger charge is -2.35.